The van der Waals surface area contributed by atoms with E-state index in [-0.39, 0.29) is 22.8 Å². The second-order valence-corrected chi connectivity index (χ2v) is 9.49. The number of benzene rings is 3. The summed E-state index contributed by atoms with van der Waals surface area (Å²) in [5.41, 5.74) is 14.2. The van der Waals surface area contributed by atoms with Crippen molar-refractivity contribution < 1.29 is 19.1 Å². The fourth-order valence-electron chi connectivity index (χ4n) is 4.10. The summed E-state index contributed by atoms with van der Waals surface area (Å²) in [7, 11) is 1.55. The van der Waals surface area contributed by atoms with Crippen molar-refractivity contribution in [3.05, 3.63) is 106 Å². The third-order valence-corrected chi connectivity index (χ3v) is 7.10. The van der Waals surface area contributed by atoms with Crippen molar-refractivity contribution in [2.45, 2.75) is 25.9 Å². The van der Waals surface area contributed by atoms with Crippen LogP contribution in [-0.2, 0) is 17.8 Å². The predicted octanol–water partition coefficient (Wildman–Crippen LogP) is 4.10. The van der Waals surface area contributed by atoms with Crippen LogP contribution in [0.2, 0.25) is 0 Å². The van der Waals surface area contributed by atoms with Gasteiger partial charge in [0.15, 0.2) is 5.69 Å². The number of hydrogen-bond acceptors (Lipinski definition) is 7. The van der Waals surface area contributed by atoms with E-state index in [9.17, 15) is 14.4 Å². The molecule has 1 unspecified atom stereocenters. The van der Waals surface area contributed by atoms with Crippen molar-refractivity contribution in [2.24, 2.45) is 5.73 Å². The zero-order valence-corrected chi connectivity index (χ0v) is 22.4. The first kappa shape index (κ1) is 27.3. The lowest BCUT2D eigenvalue weighted by Gasteiger charge is -2.31. The molecule has 4 aromatic rings. The Morgan fingerprint density at radius 3 is 2.21 bits per heavy atom. The molecule has 0 saturated carbocycles. The maximum atomic E-state index is 14.1. The molecule has 5 N–H and O–H groups in total. The molecule has 0 bridgehead atoms. The van der Waals surface area contributed by atoms with E-state index in [1.165, 1.54) is 4.90 Å². The van der Waals surface area contributed by atoms with E-state index < -0.39 is 23.8 Å². The lowest BCUT2D eigenvalue weighted by atomic mass is 10.0. The van der Waals surface area contributed by atoms with Crippen LogP contribution in [0.5, 0.6) is 5.75 Å². The number of rotatable bonds is 10. The van der Waals surface area contributed by atoms with Crippen LogP contribution in [-0.4, -0.2) is 29.2 Å². The van der Waals surface area contributed by atoms with Crippen molar-refractivity contribution in [1.82, 2.24) is 9.69 Å². The smallest absolute Gasteiger partial charge is 0.273 e. The molecule has 0 aliphatic rings. The van der Waals surface area contributed by atoms with Crippen molar-refractivity contribution >= 4 is 40.6 Å². The molecule has 0 saturated heterocycles. The number of nitrogens with two attached hydrogens (primary N) is 2. The molecule has 0 spiro atoms. The summed E-state index contributed by atoms with van der Waals surface area (Å²) in [6.45, 7) is 2.29. The van der Waals surface area contributed by atoms with Gasteiger partial charge in [0.25, 0.3) is 11.8 Å². The molecule has 1 aromatic heterocycles. The molecular formula is C29H29N5O4S. The monoisotopic (exact) mass is 543 g/mol. The summed E-state index contributed by atoms with van der Waals surface area (Å²) in [6.07, 6.45) is 0.803. The van der Waals surface area contributed by atoms with Gasteiger partial charge in [-0.15, -0.1) is 0 Å². The van der Waals surface area contributed by atoms with E-state index in [0.717, 1.165) is 29.1 Å². The zero-order chi connectivity index (χ0) is 27.9. The van der Waals surface area contributed by atoms with E-state index in [1.807, 2.05) is 49.4 Å². The van der Waals surface area contributed by atoms with Gasteiger partial charge in [0.05, 0.1) is 12.8 Å². The van der Waals surface area contributed by atoms with Crippen molar-refractivity contribution in [2.75, 3.05) is 17.7 Å². The lowest BCUT2D eigenvalue weighted by Crippen LogP contribution is -2.44. The van der Waals surface area contributed by atoms with Crippen LogP contribution in [0.15, 0.2) is 78.9 Å². The number of amides is 3. The minimum absolute atomic E-state index is 0.0118. The number of carbonyl (C=O) groups is 3. The third-order valence-electron chi connectivity index (χ3n) is 6.24. The molecule has 39 heavy (non-hydrogen) atoms. The summed E-state index contributed by atoms with van der Waals surface area (Å²) < 4.78 is 9.29. The highest BCUT2D eigenvalue weighted by Gasteiger charge is 2.36. The molecule has 0 radical (unpaired) electrons. The molecule has 3 aromatic carbocycles. The predicted molar refractivity (Wildman–Crippen MR) is 152 cm³/mol. The van der Waals surface area contributed by atoms with E-state index >= 15 is 0 Å². The number of nitrogen functional groups attached to an aromatic ring is 1. The van der Waals surface area contributed by atoms with Gasteiger partial charge in [-0.25, -0.2) is 0 Å². The lowest BCUT2D eigenvalue weighted by molar-refractivity contribution is -0.122. The van der Waals surface area contributed by atoms with Crippen LogP contribution >= 0.6 is 11.5 Å². The Labute approximate surface area is 230 Å². The van der Waals surface area contributed by atoms with Crippen LogP contribution < -0.4 is 26.4 Å². The fourth-order valence-corrected chi connectivity index (χ4v) is 4.84. The first-order valence-corrected chi connectivity index (χ1v) is 13.0. The number of carbonyl (C=O) groups excluding carboxylic acids is 3. The van der Waals surface area contributed by atoms with Crippen LogP contribution in [0.3, 0.4) is 0 Å². The van der Waals surface area contributed by atoms with Crippen molar-refractivity contribution in [3.8, 4) is 5.75 Å². The average Bonchev–Trinajstić information content (AvgIpc) is 3.36. The summed E-state index contributed by atoms with van der Waals surface area (Å²) in [5.74, 6) is -1.23. The fraction of sp³-hybridized carbons (Fsp3) is 0.172. The molecule has 1 atom stereocenters. The number of ether oxygens (including phenoxy) is 1. The minimum atomic E-state index is -1.09. The molecule has 9 nitrogen and oxygen atoms in total. The van der Waals surface area contributed by atoms with Gasteiger partial charge in [-0.05, 0) is 58.9 Å². The molecule has 0 aliphatic carbocycles. The number of nitrogens with one attached hydrogen (secondary N) is 1. The van der Waals surface area contributed by atoms with Gasteiger partial charge < -0.3 is 21.5 Å². The Morgan fingerprint density at radius 1 is 0.974 bits per heavy atom. The Hall–Kier alpha value is -4.70. The highest BCUT2D eigenvalue weighted by atomic mass is 32.1. The van der Waals surface area contributed by atoms with Gasteiger partial charge in [0.1, 0.15) is 16.7 Å². The van der Waals surface area contributed by atoms with Crippen molar-refractivity contribution in [1.29, 1.82) is 0 Å². The Balaban J connectivity index is 1.83. The summed E-state index contributed by atoms with van der Waals surface area (Å²) in [5, 5.41) is 2.96. The third kappa shape index (κ3) is 6.07. The van der Waals surface area contributed by atoms with Crippen molar-refractivity contribution in [3.63, 3.8) is 0 Å². The molecule has 3 amide bonds. The van der Waals surface area contributed by atoms with Gasteiger partial charge in [-0.1, -0.05) is 61.5 Å². The molecular weight excluding hydrogens is 514 g/mol. The number of anilines is 2. The molecule has 200 valence electrons. The maximum absolute atomic E-state index is 14.1. The van der Waals surface area contributed by atoms with Crippen LogP contribution in [0.25, 0.3) is 0 Å². The molecule has 4 rings (SSSR count). The van der Waals surface area contributed by atoms with Gasteiger partial charge in [0.2, 0.25) is 5.91 Å². The molecule has 0 fully saturated rings. The first-order chi connectivity index (χ1) is 18.8. The van der Waals surface area contributed by atoms with Crippen LogP contribution in [0.4, 0.5) is 11.4 Å². The average molecular weight is 544 g/mol. The number of methoxy groups -OCH3 is 1. The van der Waals surface area contributed by atoms with E-state index in [4.69, 9.17) is 16.2 Å². The van der Waals surface area contributed by atoms with Gasteiger partial charge >= 0.3 is 0 Å². The van der Waals surface area contributed by atoms with Gasteiger partial charge in [-0.2, -0.15) is 4.37 Å². The normalized spacial score (nSPS) is 11.4. The first-order valence-electron chi connectivity index (χ1n) is 12.3. The van der Waals surface area contributed by atoms with Crippen LogP contribution in [0.1, 0.15) is 49.8 Å². The highest BCUT2D eigenvalue weighted by molar-refractivity contribution is 7.09. The Kier molecular flexibility index (Phi) is 8.57. The summed E-state index contributed by atoms with van der Waals surface area (Å²) >= 11 is 0.765. The summed E-state index contributed by atoms with van der Waals surface area (Å²) in [4.78, 5) is 41.2. The second kappa shape index (κ2) is 12.2. The number of aryl methyl sites for hydroxylation is 1. The van der Waals surface area contributed by atoms with Gasteiger partial charge in [0, 0.05) is 12.2 Å². The van der Waals surface area contributed by atoms with Crippen LogP contribution in [0, 0.1) is 0 Å². The van der Waals surface area contributed by atoms with E-state index in [0.29, 0.717) is 17.0 Å². The second-order valence-electron chi connectivity index (χ2n) is 8.71. The SMILES string of the molecule is CCc1ccc(N(C(=O)c2snc(C(N)=O)c2N)C(C(=O)NCc2ccccc2)c2ccc(OC)cc2)cc1. The Bertz CT molecular complexity index is 1450. The Morgan fingerprint density at radius 2 is 1.64 bits per heavy atom. The largest absolute Gasteiger partial charge is 0.497 e. The number of aromatic nitrogens is 1. The highest BCUT2D eigenvalue weighted by Crippen LogP contribution is 2.34. The number of nitrogens with zero attached hydrogens (tertiary/aromatic N) is 2. The molecule has 1 heterocycles. The molecule has 10 heteroatoms. The minimum Gasteiger partial charge on any atom is -0.497 e. The van der Waals surface area contributed by atoms with E-state index in [1.54, 1.807) is 43.5 Å². The quantitative estimate of drug-likeness (QED) is 0.275. The van der Waals surface area contributed by atoms with E-state index in [2.05, 4.69) is 9.69 Å². The molecule has 0 aliphatic heterocycles. The standard InChI is InChI=1S/C29H29N5O4S/c1-3-18-9-13-21(14-10-18)34(29(37)26-23(30)24(27(31)35)33-39-26)25(20-11-15-22(38-2)16-12-20)28(36)32-17-19-7-5-4-6-8-19/h4-16,25H,3,17,30H2,1-2H3,(H2,31,35)(H,32,36). The topological polar surface area (TPSA) is 141 Å². The maximum Gasteiger partial charge on any atom is 0.273 e. The van der Waals surface area contributed by atoms with Gasteiger partial charge in [-0.3, -0.25) is 19.3 Å². The number of hydrogen-bond donors (Lipinski definition) is 3. The number of primary amides is 1. The zero-order valence-electron chi connectivity index (χ0n) is 21.6. The summed E-state index contributed by atoms with van der Waals surface area (Å²) in [6, 6.07) is 22.7.